The molecule has 0 radical (unpaired) electrons. The summed E-state index contributed by atoms with van der Waals surface area (Å²) in [7, 11) is 1.93. The van der Waals surface area contributed by atoms with E-state index >= 15 is 0 Å². The number of carbonyl (C=O) groups is 1. The molecule has 2 aromatic rings. The van der Waals surface area contributed by atoms with Gasteiger partial charge in [0.1, 0.15) is 16.7 Å². The minimum Gasteiger partial charge on any atom is -0.465 e. The average molecular weight is 336 g/mol. The van der Waals surface area contributed by atoms with Gasteiger partial charge in [0.15, 0.2) is 0 Å². The van der Waals surface area contributed by atoms with Crippen LogP contribution >= 0.6 is 11.8 Å². The van der Waals surface area contributed by atoms with Gasteiger partial charge in [-0.1, -0.05) is 31.7 Å². The largest absolute Gasteiger partial charge is 0.465 e. The Labute approximate surface area is 140 Å². The molecule has 2 rings (SSSR count). The van der Waals surface area contributed by atoms with Crippen LogP contribution in [-0.4, -0.2) is 22.1 Å². The van der Waals surface area contributed by atoms with Crippen molar-refractivity contribution < 1.29 is 13.9 Å². The number of hydrogen-bond donors (Lipinski definition) is 0. The van der Waals surface area contributed by atoms with Crippen LogP contribution < -0.4 is 0 Å². The predicted octanol–water partition coefficient (Wildman–Crippen LogP) is 3.94. The third-order valence-electron chi connectivity index (χ3n) is 3.35. The summed E-state index contributed by atoms with van der Waals surface area (Å²) in [5.74, 6) is 0.560. The van der Waals surface area contributed by atoms with Crippen LogP contribution in [0.3, 0.4) is 0 Å². The summed E-state index contributed by atoms with van der Waals surface area (Å²) < 4.78 is 20.4. The van der Waals surface area contributed by atoms with E-state index in [0.717, 1.165) is 21.4 Å². The lowest BCUT2D eigenvalue weighted by Gasteiger charge is -2.09. The number of nitrogens with zero attached hydrogens (tertiary/aromatic N) is 2. The number of benzene rings is 1. The first-order valence-electron chi connectivity index (χ1n) is 7.50. The average Bonchev–Trinajstić information content (AvgIpc) is 2.76. The molecule has 0 aliphatic carbocycles. The predicted molar refractivity (Wildman–Crippen MR) is 88.2 cm³/mol. The van der Waals surface area contributed by atoms with Gasteiger partial charge in [-0.2, -0.15) is 0 Å². The Bertz CT molecular complexity index is 698. The van der Waals surface area contributed by atoms with Gasteiger partial charge in [-0.25, -0.2) is 9.37 Å². The Kier molecular flexibility index (Phi) is 5.82. The van der Waals surface area contributed by atoms with Crippen molar-refractivity contribution in [2.75, 3.05) is 6.61 Å². The third-order valence-corrected chi connectivity index (χ3v) is 4.51. The number of esters is 1. The maximum atomic E-state index is 13.4. The maximum absolute atomic E-state index is 13.4. The zero-order valence-electron chi connectivity index (χ0n) is 13.8. The summed E-state index contributed by atoms with van der Waals surface area (Å²) in [4.78, 5) is 16.4. The molecule has 23 heavy (non-hydrogen) atoms. The van der Waals surface area contributed by atoms with Crippen molar-refractivity contribution in [1.82, 2.24) is 9.55 Å². The summed E-state index contributed by atoms with van der Waals surface area (Å²) in [5, 5.41) is 0.989. The fourth-order valence-electron chi connectivity index (χ4n) is 2.20. The quantitative estimate of drug-likeness (QED) is 0.750. The van der Waals surface area contributed by atoms with Crippen molar-refractivity contribution in [3.05, 3.63) is 41.6 Å². The minimum absolute atomic E-state index is 0.250. The molecule has 124 valence electrons. The topological polar surface area (TPSA) is 44.1 Å². The zero-order valence-corrected chi connectivity index (χ0v) is 14.6. The lowest BCUT2D eigenvalue weighted by Crippen LogP contribution is -2.07. The number of rotatable bonds is 6. The fraction of sp³-hybridized carbons (Fsp3) is 0.412. The van der Waals surface area contributed by atoms with E-state index in [1.54, 1.807) is 6.07 Å². The molecule has 1 heterocycles. The van der Waals surface area contributed by atoms with Crippen molar-refractivity contribution in [3.63, 3.8) is 0 Å². The molecule has 0 atom stereocenters. The molecule has 0 unspecified atom stereocenters. The number of imidazole rings is 1. The Hall–Kier alpha value is -1.82. The van der Waals surface area contributed by atoms with Crippen LogP contribution in [0.15, 0.2) is 34.2 Å². The lowest BCUT2D eigenvalue weighted by molar-refractivity contribution is -0.140. The maximum Gasteiger partial charge on any atom is 0.302 e. The van der Waals surface area contributed by atoms with E-state index in [4.69, 9.17) is 4.74 Å². The molecule has 0 fully saturated rings. The van der Waals surface area contributed by atoms with Gasteiger partial charge < -0.3 is 9.30 Å². The summed E-state index contributed by atoms with van der Waals surface area (Å²) in [6.07, 6.45) is 0.555. The number of carbonyl (C=O) groups excluding carboxylic acids is 1. The molecule has 0 bridgehead atoms. The molecule has 6 heteroatoms. The van der Waals surface area contributed by atoms with Crippen LogP contribution in [0, 0.1) is 5.82 Å². The Balaban J connectivity index is 2.26. The summed E-state index contributed by atoms with van der Waals surface area (Å²) in [6, 6.07) is 6.52. The zero-order chi connectivity index (χ0) is 17.0. The number of halogens is 1. The molecular formula is C17H21FN2O2S. The summed E-state index contributed by atoms with van der Waals surface area (Å²) in [5.41, 5.74) is 0.972. The molecule has 0 N–H and O–H groups in total. The summed E-state index contributed by atoms with van der Waals surface area (Å²) >= 11 is 1.50. The second-order valence-electron chi connectivity index (χ2n) is 5.58. The molecular weight excluding hydrogens is 315 g/mol. The molecule has 0 saturated heterocycles. The normalized spacial score (nSPS) is 11.0. The first kappa shape index (κ1) is 17.5. The van der Waals surface area contributed by atoms with Crippen molar-refractivity contribution in [3.8, 4) is 0 Å². The van der Waals surface area contributed by atoms with E-state index in [0.29, 0.717) is 13.0 Å². The van der Waals surface area contributed by atoms with Crippen LogP contribution in [0.1, 0.15) is 38.2 Å². The monoisotopic (exact) mass is 336 g/mol. The van der Waals surface area contributed by atoms with Crippen molar-refractivity contribution >= 4 is 17.7 Å². The highest BCUT2D eigenvalue weighted by molar-refractivity contribution is 7.99. The molecule has 0 aliphatic heterocycles. The van der Waals surface area contributed by atoms with E-state index in [-0.39, 0.29) is 17.7 Å². The second kappa shape index (κ2) is 7.64. The third kappa shape index (κ3) is 4.58. The number of ether oxygens (including phenoxy) is 1. The Morgan fingerprint density at radius 2 is 2.17 bits per heavy atom. The highest BCUT2D eigenvalue weighted by Crippen LogP contribution is 2.34. The van der Waals surface area contributed by atoms with Gasteiger partial charge in [0.2, 0.25) is 0 Å². The lowest BCUT2D eigenvalue weighted by atomic mass is 10.1. The van der Waals surface area contributed by atoms with Crippen LogP contribution in [0.25, 0.3) is 0 Å². The van der Waals surface area contributed by atoms with Gasteiger partial charge in [0.25, 0.3) is 0 Å². The van der Waals surface area contributed by atoms with Gasteiger partial charge in [0.05, 0.1) is 12.3 Å². The van der Waals surface area contributed by atoms with Gasteiger partial charge in [-0.15, -0.1) is 0 Å². The van der Waals surface area contributed by atoms with Crippen LogP contribution in [0.5, 0.6) is 0 Å². The van der Waals surface area contributed by atoms with Gasteiger partial charge in [-0.05, 0) is 24.1 Å². The molecule has 1 aromatic carbocycles. The summed E-state index contributed by atoms with van der Waals surface area (Å²) in [6.45, 7) is 5.85. The van der Waals surface area contributed by atoms with Gasteiger partial charge >= 0.3 is 5.97 Å². The van der Waals surface area contributed by atoms with Crippen LogP contribution in [0.2, 0.25) is 0 Å². The smallest absolute Gasteiger partial charge is 0.302 e. The van der Waals surface area contributed by atoms with Crippen molar-refractivity contribution in [1.29, 1.82) is 0 Å². The van der Waals surface area contributed by atoms with E-state index in [1.165, 1.54) is 30.8 Å². The highest BCUT2D eigenvalue weighted by Gasteiger charge is 2.18. The number of aromatic nitrogens is 2. The van der Waals surface area contributed by atoms with E-state index < -0.39 is 0 Å². The Morgan fingerprint density at radius 1 is 1.43 bits per heavy atom. The SMILES string of the molecule is CC(=O)OCCc1nc(C(C)C)c(Sc2cccc(F)c2)n1C. The molecule has 4 nitrogen and oxygen atoms in total. The molecule has 0 aliphatic rings. The first-order valence-corrected chi connectivity index (χ1v) is 8.32. The highest BCUT2D eigenvalue weighted by atomic mass is 32.2. The number of hydrogen-bond acceptors (Lipinski definition) is 4. The van der Waals surface area contributed by atoms with Crippen molar-refractivity contribution in [2.45, 2.75) is 43.0 Å². The molecule has 0 amide bonds. The second-order valence-corrected chi connectivity index (χ2v) is 6.64. The van der Waals surface area contributed by atoms with Crippen molar-refractivity contribution in [2.24, 2.45) is 7.05 Å². The van der Waals surface area contributed by atoms with Crippen LogP contribution in [0.4, 0.5) is 4.39 Å². The van der Waals surface area contributed by atoms with Crippen LogP contribution in [-0.2, 0) is 23.0 Å². The van der Waals surface area contributed by atoms with E-state index in [1.807, 2.05) is 17.7 Å². The fourth-order valence-corrected chi connectivity index (χ4v) is 3.37. The first-order chi connectivity index (χ1) is 10.9. The van der Waals surface area contributed by atoms with E-state index in [2.05, 4.69) is 18.8 Å². The van der Waals surface area contributed by atoms with Gasteiger partial charge in [-0.3, -0.25) is 4.79 Å². The van der Waals surface area contributed by atoms with E-state index in [9.17, 15) is 9.18 Å². The minimum atomic E-state index is -0.294. The standard InChI is InChI=1S/C17H21FN2O2S/c1-11(2)16-17(23-14-7-5-6-13(18)10-14)20(4)15(19-16)8-9-22-12(3)21/h5-7,10-11H,8-9H2,1-4H3. The molecule has 1 aromatic heterocycles. The Morgan fingerprint density at radius 3 is 2.78 bits per heavy atom. The van der Waals surface area contributed by atoms with Gasteiger partial charge in [0, 0.05) is 25.3 Å². The molecule has 0 spiro atoms. The molecule has 0 saturated carbocycles.